The van der Waals surface area contributed by atoms with E-state index in [4.69, 9.17) is 25.4 Å². The minimum Gasteiger partial charge on any atom is -0.322 e. The van der Waals surface area contributed by atoms with E-state index in [0.717, 1.165) is 25.7 Å². The Kier molecular flexibility index (Phi) is 12.6. The van der Waals surface area contributed by atoms with Gasteiger partial charge < -0.3 is 9.05 Å². The van der Waals surface area contributed by atoms with Crippen LogP contribution < -0.4 is 0 Å². The molecule has 0 heterocycles. The second-order valence-electron chi connectivity index (χ2n) is 4.78. The first kappa shape index (κ1) is 22.8. The van der Waals surface area contributed by atoms with Crippen molar-refractivity contribution in [2.24, 2.45) is 0 Å². The van der Waals surface area contributed by atoms with E-state index in [1.165, 1.54) is 11.4 Å². The molecular weight excluding hydrogens is 367 g/mol. The summed E-state index contributed by atoms with van der Waals surface area (Å²) in [7, 11) is -4.41. The van der Waals surface area contributed by atoms with E-state index in [-0.39, 0.29) is 0 Å². The Morgan fingerprint density at radius 3 is 2.09 bits per heavy atom. The molecule has 0 fully saturated rings. The lowest BCUT2D eigenvalue weighted by Crippen LogP contribution is -2.15. The van der Waals surface area contributed by atoms with E-state index in [1.54, 1.807) is 6.92 Å². The molecule has 0 aliphatic carbocycles. The second-order valence-corrected chi connectivity index (χ2v) is 12.3. The van der Waals surface area contributed by atoms with E-state index in [0.29, 0.717) is 25.4 Å². The molecule has 6 nitrogen and oxygen atoms in total. The lowest BCUT2D eigenvalue weighted by atomic mass is 10.3. The molecule has 0 saturated carbocycles. The van der Waals surface area contributed by atoms with Crippen LogP contribution >= 0.6 is 17.1 Å². The van der Waals surface area contributed by atoms with Gasteiger partial charge in [0.15, 0.2) is 0 Å². The van der Waals surface area contributed by atoms with Crippen LogP contribution in [0, 0.1) is 0 Å². The van der Waals surface area contributed by atoms with Crippen LogP contribution in [0.4, 0.5) is 0 Å². The zero-order chi connectivity index (χ0) is 17.1. The van der Waals surface area contributed by atoms with Gasteiger partial charge in [-0.3, -0.25) is 4.55 Å². The summed E-state index contributed by atoms with van der Waals surface area (Å²) >= 11 is 6.92. The summed E-state index contributed by atoms with van der Waals surface area (Å²) in [5, 5.41) is 0. The molecular formula is C12H27O6PS3. The van der Waals surface area contributed by atoms with Crippen molar-refractivity contribution in [1.82, 2.24) is 0 Å². The SMILES string of the molecule is CCCCOP(=S)(OCCCC)SCCC(C)OS(=O)(=O)O. The van der Waals surface area contributed by atoms with E-state index in [1.807, 2.05) is 0 Å². The average molecular weight is 395 g/mol. The molecule has 0 saturated heterocycles. The van der Waals surface area contributed by atoms with E-state index >= 15 is 0 Å². The zero-order valence-electron chi connectivity index (χ0n) is 13.4. The summed E-state index contributed by atoms with van der Waals surface area (Å²) in [6.07, 6.45) is 3.72. The highest BCUT2D eigenvalue weighted by Crippen LogP contribution is 2.61. The molecule has 1 N–H and O–H groups in total. The lowest BCUT2D eigenvalue weighted by molar-refractivity contribution is 0.195. The summed E-state index contributed by atoms with van der Waals surface area (Å²) in [6, 6.07) is 0. The first-order valence-corrected chi connectivity index (χ1v) is 13.0. The Bertz CT molecular complexity index is 415. The van der Waals surface area contributed by atoms with Crippen molar-refractivity contribution in [2.45, 2.75) is 59.0 Å². The Hall–Kier alpha value is 0.790. The molecule has 0 bridgehead atoms. The van der Waals surface area contributed by atoms with Crippen LogP contribution in [0.15, 0.2) is 0 Å². The standard InChI is InChI=1S/C12H27O6PS3/c1-4-6-9-16-19(20,17-10-7-5-2)21-11-8-12(3)18-22(13,14)15/h12H,4-11H2,1-3H3,(H,13,14,15). The third kappa shape index (κ3) is 13.2. The predicted octanol–water partition coefficient (Wildman–Crippen LogP) is 4.18. The number of unbranched alkanes of at least 4 members (excludes halogenated alkanes) is 2. The summed E-state index contributed by atoms with van der Waals surface area (Å²) < 4.78 is 45.8. The molecule has 0 aromatic carbocycles. The fraction of sp³-hybridized carbons (Fsp3) is 1.00. The Labute approximate surface area is 143 Å². The molecule has 0 spiro atoms. The molecule has 0 amide bonds. The molecule has 0 rings (SSSR count). The highest BCUT2D eigenvalue weighted by molar-refractivity contribution is 8.67. The van der Waals surface area contributed by atoms with Crippen molar-refractivity contribution in [3.63, 3.8) is 0 Å². The molecule has 1 atom stereocenters. The van der Waals surface area contributed by atoms with E-state index < -0.39 is 22.2 Å². The van der Waals surface area contributed by atoms with E-state index in [9.17, 15) is 8.42 Å². The van der Waals surface area contributed by atoms with Gasteiger partial charge in [-0.2, -0.15) is 8.42 Å². The van der Waals surface area contributed by atoms with Crippen molar-refractivity contribution < 1.29 is 26.2 Å². The van der Waals surface area contributed by atoms with Crippen LogP contribution in [-0.2, 0) is 35.4 Å². The minimum atomic E-state index is -4.41. The van der Waals surface area contributed by atoms with Gasteiger partial charge in [0.05, 0.1) is 19.3 Å². The molecule has 10 heteroatoms. The van der Waals surface area contributed by atoms with Gasteiger partial charge in [-0.1, -0.05) is 38.1 Å². The topological polar surface area (TPSA) is 82.1 Å². The smallest absolute Gasteiger partial charge is 0.322 e. The Morgan fingerprint density at radius 2 is 1.68 bits per heavy atom. The van der Waals surface area contributed by atoms with Crippen molar-refractivity contribution in [3.8, 4) is 0 Å². The van der Waals surface area contributed by atoms with Crippen molar-refractivity contribution >= 4 is 39.3 Å². The Morgan fingerprint density at radius 1 is 1.18 bits per heavy atom. The van der Waals surface area contributed by atoms with Crippen molar-refractivity contribution in [3.05, 3.63) is 0 Å². The second kappa shape index (κ2) is 12.2. The van der Waals surface area contributed by atoms with Gasteiger partial charge in [-0.05, 0) is 38.0 Å². The third-order valence-electron chi connectivity index (χ3n) is 2.55. The average Bonchev–Trinajstić information content (AvgIpc) is 2.37. The highest BCUT2D eigenvalue weighted by atomic mass is 32.9. The van der Waals surface area contributed by atoms with E-state index in [2.05, 4.69) is 18.0 Å². The zero-order valence-corrected chi connectivity index (χ0v) is 16.7. The Balaban J connectivity index is 4.29. The van der Waals surface area contributed by atoms with Crippen LogP contribution in [-0.4, -0.2) is 38.0 Å². The first-order valence-electron chi connectivity index (χ1n) is 7.41. The van der Waals surface area contributed by atoms with Gasteiger partial charge in [0.25, 0.3) is 0 Å². The molecule has 0 aromatic rings. The predicted molar refractivity (Wildman–Crippen MR) is 95.2 cm³/mol. The van der Waals surface area contributed by atoms with Crippen LogP contribution in [0.1, 0.15) is 52.9 Å². The minimum absolute atomic E-state index is 0.428. The van der Waals surface area contributed by atoms with Gasteiger partial charge in [-0.25, -0.2) is 4.18 Å². The van der Waals surface area contributed by atoms with Crippen molar-refractivity contribution in [1.29, 1.82) is 0 Å². The van der Waals surface area contributed by atoms with Crippen LogP contribution in [0.2, 0.25) is 0 Å². The quantitative estimate of drug-likeness (QED) is 0.267. The summed E-state index contributed by atoms with van der Waals surface area (Å²) in [6.45, 7) is 6.88. The molecule has 134 valence electrons. The lowest BCUT2D eigenvalue weighted by Gasteiger charge is -2.22. The number of rotatable bonds is 14. The summed E-state index contributed by atoms with van der Waals surface area (Å²) in [5.74, 6) is 0.548. The summed E-state index contributed by atoms with van der Waals surface area (Å²) in [5.41, 5.74) is -2.40. The normalized spacial score (nSPS) is 14.2. The molecule has 0 aliphatic heterocycles. The van der Waals surface area contributed by atoms with Gasteiger partial charge in [-0.15, -0.1) is 0 Å². The summed E-state index contributed by atoms with van der Waals surface area (Å²) in [4.78, 5) is 0. The molecule has 22 heavy (non-hydrogen) atoms. The maximum atomic E-state index is 10.6. The van der Waals surface area contributed by atoms with Crippen LogP contribution in [0.5, 0.6) is 0 Å². The monoisotopic (exact) mass is 394 g/mol. The highest BCUT2D eigenvalue weighted by Gasteiger charge is 2.21. The maximum absolute atomic E-state index is 10.6. The largest absolute Gasteiger partial charge is 0.397 e. The number of hydrogen-bond donors (Lipinski definition) is 1. The molecule has 1 unspecified atom stereocenters. The fourth-order valence-corrected chi connectivity index (χ4v) is 6.44. The van der Waals surface area contributed by atoms with Gasteiger partial charge in [0.1, 0.15) is 0 Å². The van der Waals surface area contributed by atoms with Gasteiger partial charge >= 0.3 is 10.4 Å². The van der Waals surface area contributed by atoms with Crippen molar-refractivity contribution in [2.75, 3.05) is 19.0 Å². The van der Waals surface area contributed by atoms with Crippen LogP contribution in [0.3, 0.4) is 0 Å². The molecule has 0 aromatic heterocycles. The maximum Gasteiger partial charge on any atom is 0.397 e. The fourth-order valence-electron chi connectivity index (χ4n) is 1.34. The molecule has 0 radical (unpaired) electrons. The van der Waals surface area contributed by atoms with Gasteiger partial charge in [0, 0.05) is 5.75 Å². The van der Waals surface area contributed by atoms with Crippen LogP contribution in [0.25, 0.3) is 0 Å². The first-order chi connectivity index (χ1) is 10.2. The molecule has 0 aliphatic rings. The number of hydrogen-bond acceptors (Lipinski definition) is 7. The van der Waals surface area contributed by atoms with Gasteiger partial charge in [0.2, 0.25) is 5.69 Å². The third-order valence-corrected chi connectivity index (χ3v) is 8.57.